The summed E-state index contributed by atoms with van der Waals surface area (Å²) in [5.74, 6) is 0.797. The van der Waals surface area contributed by atoms with Gasteiger partial charge in [0.15, 0.2) is 6.61 Å². The third kappa shape index (κ3) is 4.47. The first-order chi connectivity index (χ1) is 14.7. The van der Waals surface area contributed by atoms with Crippen LogP contribution in [-0.2, 0) is 11.3 Å². The molecule has 0 aliphatic carbocycles. The summed E-state index contributed by atoms with van der Waals surface area (Å²) in [6.45, 7) is -0.123. The third-order valence-corrected chi connectivity index (χ3v) is 4.33. The van der Waals surface area contributed by atoms with Gasteiger partial charge in [-0.25, -0.2) is 4.79 Å². The highest BCUT2D eigenvalue weighted by Crippen LogP contribution is 2.23. The lowest BCUT2D eigenvalue weighted by Crippen LogP contribution is -2.08. The van der Waals surface area contributed by atoms with Gasteiger partial charge in [-0.2, -0.15) is 0 Å². The molecule has 0 bridgehead atoms. The summed E-state index contributed by atoms with van der Waals surface area (Å²) in [5, 5.41) is 11.2. The number of para-hydroxylation sites is 2. The van der Waals surface area contributed by atoms with Crippen LogP contribution in [0.4, 0.5) is 11.4 Å². The van der Waals surface area contributed by atoms with Crippen LogP contribution < -0.4 is 10.1 Å². The molecule has 1 aromatic heterocycles. The number of carbonyl (C=O) groups excluding carboxylic acids is 1. The molecule has 1 N–H and O–H groups in total. The minimum atomic E-state index is -0.488. The number of anilines is 2. The molecule has 1 heterocycles. The highest BCUT2D eigenvalue weighted by molar-refractivity contribution is 5.96. The zero-order valence-electron chi connectivity index (χ0n) is 16.2. The Hall–Kier alpha value is -4.13. The maximum absolute atomic E-state index is 12.6. The molecule has 0 saturated heterocycles. The molecule has 0 aliphatic rings. The van der Waals surface area contributed by atoms with Crippen LogP contribution in [0.2, 0.25) is 0 Å². The number of esters is 1. The number of benzene rings is 3. The number of hydrogen-bond donors (Lipinski definition) is 1. The number of ether oxygens (including phenoxy) is 2. The van der Waals surface area contributed by atoms with E-state index in [0.717, 1.165) is 17.0 Å². The monoisotopic (exact) mass is 401 g/mol. The molecular weight excluding hydrogens is 382 g/mol. The van der Waals surface area contributed by atoms with Crippen molar-refractivity contribution in [2.45, 2.75) is 6.61 Å². The maximum atomic E-state index is 12.6. The minimum Gasteiger partial charge on any atom is -0.497 e. The van der Waals surface area contributed by atoms with Gasteiger partial charge in [0.25, 0.3) is 5.89 Å². The van der Waals surface area contributed by atoms with Crippen LogP contribution in [0.15, 0.2) is 83.3 Å². The fourth-order valence-corrected chi connectivity index (χ4v) is 2.81. The number of methoxy groups -OCH3 is 1. The van der Waals surface area contributed by atoms with Gasteiger partial charge in [0.2, 0.25) is 5.89 Å². The van der Waals surface area contributed by atoms with E-state index in [-0.39, 0.29) is 12.5 Å². The first kappa shape index (κ1) is 19.2. The van der Waals surface area contributed by atoms with Crippen molar-refractivity contribution >= 4 is 17.3 Å². The molecule has 30 heavy (non-hydrogen) atoms. The Kier molecular flexibility index (Phi) is 5.70. The van der Waals surface area contributed by atoms with E-state index in [1.165, 1.54) is 0 Å². The topological polar surface area (TPSA) is 86.5 Å². The second-order valence-electron chi connectivity index (χ2n) is 6.34. The zero-order valence-corrected chi connectivity index (χ0v) is 16.2. The van der Waals surface area contributed by atoms with E-state index in [1.807, 2.05) is 54.6 Å². The number of aromatic nitrogens is 2. The molecule has 0 saturated carbocycles. The molecule has 0 radical (unpaired) electrons. The van der Waals surface area contributed by atoms with Crippen molar-refractivity contribution in [3.8, 4) is 17.2 Å². The Morgan fingerprint density at radius 1 is 0.933 bits per heavy atom. The Morgan fingerprint density at radius 3 is 2.43 bits per heavy atom. The largest absolute Gasteiger partial charge is 0.497 e. The van der Waals surface area contributed by atoms with Gasteiger partial charge in [0, 0.05) is 11.3 Å². The standard InChI is InChI=1S/C23H19N3O4/c1-28-18-13-11-16(12-14-18)22-26-25-21(30-22)15-29-23(27)19-9-5-6-10-20(19)24-17-7-3-2-4-8-17/h2-14,24H,15H2,1H3. The van der Waals surface area contributed by atoms with Gasteiger partial charge in [0.1, 0.15) is 5.75 Å². The Bertz CT molecular complexity index is 1120. The lowest BCUT2D eigenvalue weighted by molar-refractivity contribution is 0.0440. The van der Waals surface area contributed by atoms with Gasteiger partial charge in [-0.1, -0.05) is 30.3 Å². The number of nitrogens with one attached hydrogen (secondary N) is 1. The van der Waals surface area contributed by atoms with E-state index in [4.69, 9.17) is 13.9 Å². The predicted octanol–water partition coefficient (Wildman–Crippen LogP) is 4.85. The highest BCUT2D eigenvalue weighted by Gasteiger charge is 2.15. The summed E-state index contributed by atoms with van der Waals surface area (Å²) >= 11 is 0. The molecule has 7 nitrogen and oxygen atoms in total. The summed E-state index contributed by atoms with van der Waals surface area (Å²) in [4.78, 5) is 12.6. The second kappa shape index (κ2) is 8.91. The van der Waals surface area contributed by atoms with Crippen molar-refractivity contribution in [1.82, 2.24) is 10.2 Å². The molecule has 0 aliphatic heterocycles. The van der Waals surface area contributed by atoms with E-state index >= 15 is 0 Å². The summed E-state index contributed by atoms with van der Waals surface area (Å²) in [5.41, 5.74) is 2.69. The van der Waals surface area contributed by atoms with E-state index in [9.17, 15) is 4.79 Å². The van der Waals surface area contributed by atoms with Crippen LogP contribution in [0.1, 0.15) is 16.2 Å². The average molecular weight is 401 g/mol. The first-order valence-corrected chi connectivity index (χ1v) is 9.28. The number of nitrogens with zero attached hydrogens (tertiary/aromatic N) is 2. The quantitative estimate of drug-likeness (QED) is 0.443. The molecule has 3 aromatic carbocycles. The Morgan fingerprint density at radius 2 is 1.67 bits per heavy atom. The molecule has 4 aromatic rings. The molecule has 0 fully saturated rings. The van der Waals surface area contributed by atoms with Crippen molar-refractivity contribution < 1.29 is 18.7 Å². The normalized spacial score (nSPS) is 10.4. The fourth-order valence-electron chi connectivity index (χ4n) is 2.81. The van der Waals surface area contributed by atoms with Crippen LogP contribution in [0.3, 0.4) is 0 Å². The minimum absolute atomic E-state index is 0.123. The lowest BCUT2D eigenvalue weighted by Gasteiger charge is -2.11. The summed E-state index contributed by atoms with van der Waals surface area (Å²) in [6.07, 6.45) is 0. The molecule has 0 amide bonds. The lowest BCUT2D eigenvalue weighted by atomic mass is 10.1. The van der Waals surface area contributed by atoms with Gasteiger partial charge in [-0.15, -0.1) is 10.2 Å². The van der Waals surface area contributed by atoms with Gasteiger partial charge < -0.3 is 19.2 Å². The molecule has 150 valence electrons. The zero-order chi connectivity index (χ0) is 20.8. The van der Waals surface area contributed by atoms with Crippen LogP contribution >= 0.6 is 0 Å². The molecule has 0 atom stereocenters. The van der Waals surface area contributed by atoms with E-state index in [0.29, 0.717) is 17.1 Å². The van der Waals surface area contributed by atoms with Crippen LogP contribution in [0.25, 0.3) is 11.5 Å². The Labute approximate surface area is 173 Å². The number of hydrogen-bond acceptors (Lipinski definition) is 7. The summed E-state index contributed by atoms with van der Waals surface area (Å²) < 4.78 is 16.1. The summed E-state index contributed by atoms with van der Waals surface area (Å²) in [7, 11) is 1.60. The molecule has 7 heteroatoms. The average Bonchev–Trinajstić information content (AvgIpc) is 3.28. The smallest absolute Gasteiger partial charge is 0.340 e. The predicted molar refractivity (Wildman–Crippen MR) is 112 cm³/mol. The van der Waals surface area contributed by atoms with Crippen LogP contribution in [0, 0.1) is 0 Å². The van der Waals surface area contributed by atoms with Gasteiger partial charge in [0.05, 0.1) is 18.4 Å². The van der Waals surface area contributed by atoms with Crippen molar-refractivity contribution in [3.05, 3.63) is 90.3 Å². The molecule has 0 spiro atoms. The van der Waals surface area contributed by atoms with Crippen molar-refractivity contribution in [2.24, 2.45) is 0 Å². The van der Waals surface area contributed by atoms with E-state index in [2.05, 4.69) is 15.5 Å². The highest BCUT2D eigenvalue weighted by atomic mass is 16.5. The van der Waals surface area contributed by atoms with E-state index in [1.54, 1.807) is 31.4 Å². The van der Waals surface area contributed by atoms with Crippen molar-refractivity contribution in [1.29, 1.82) is 0 Å². The Balaban J connectivity index is 1.42. The van der Waals surface area contributed by atoms with Crippen molar-refractivity contribution in [3.63, 3.8) is 0 Å². The molecule has 4 rings (SSSR count). The van der Waals surface area contributed by atoms with Gasteiger partial charge >= 0.3 is 5.97 Å². The van der Waals surface area contributed by atoms with Crippen LogP contribution in [-0.4, -0.2) is 23.3 Å². The van der Waals surface area contributed by atoms with Gasteiger partial charge in [-0.3, -0.25) is 0 Å². The first-order valence-electron chi connectivity index (χ1n) is 9.28. The van der Waals surface area contributed by atoms with Crippen molar-refractivity contribution in [2.75, 3.05) is 12.4 Å². The molecular formula is C23H19N3O4. The SMILES string of the molecule is COc1ccc(-c2nnc(COC(=O)c3ccccc3Nc3ccccc3)o2)cc1. The van der Waals surface area contributed by atoms with E-state index < -0.39 is 5.97 Å². The second-order valence-corrected chi connectivity index (χ2v) is 6.34. The van der Waals surface area contributed by atoms with Crippen LogP contribution in [0.5, 0.6) is 5.75 Å². The van der Waals surface area contributed by atoms with Gasteiger partial charge in [-0.05, 0) is 48.5 Å². The third-order valence-electron chi connectivity index (χ3n) is 4.33. The number of carbonyl (C=O) groups is 1. The summed E-state index contributed by atoms with van der Waals surface area (Å²) in [6, 6.07) is 24.0. The number of rotatable bonds is 7. The fraction of sp³-hybridized carbons (Fsp3) is 0.0870. The maximum Gasteiger partial charge on any atom is 0.340 e. The molecule has 0 unspecified atom stereocenters.